The molecule has 1 saturated heterocycles. The molecule has 1 aliphatic rings. The summed E-state index contributed by atoms with van der Waals surface area (Å²) in [7, 11) is 0. The minimum atomic E-state index is -0.622. The Morgan fingerprint density at radius 1 is 1.45 bits per heavy atom. The highest BCUT2D eigenvalue weighted by Gasteiger charge is 2.46. The van der Waals surface area contributed by atoms with Crippen molar-refractivity contribution in [3.8, 4) is 0 Å². The summed E-state index contributed by atoms with van der Waals surface area (Å²) < 4.78 is 5.54. The van der Waals surface area contributed by atoms with Gasteiger partial charge in [-0.25, -0.2) is 0 Å². The van der Waals surface area contributed by atoms with E-state index in [2.05, 4.69) is 5.32 Å². The van der Waals surface area contributed by atoms with E-state index in [1.807, 2.05) is 27.7 Å². The van der Waals surface area contributed by atoms with Crippen LogP contribution in [0.1, 0.15) is 34.1 Å². The molecule has 0 radical (unpaired) electrons. The first-order chi connectivity index (χ1) is 4.90. The van der Waals surface area contributed by atoms with Gasteiger partial charge in [0.25, 0.3) is 5.91 Å². The van der Waals surface area contributed by atoms with Crippen LogP contribution in [0.5, 0.6) is 0 Å². The van der Waals surface area contributed by atoms with E-state index in [-0.39, 0.29) is 5.91 Å². The second-order valence-electron chi connectivity index (χ2n) is 3.65. The summed E-state index contributed by atoms with van der Waals surface area (Å²) in [5.74, 6) is -0.00926. The predicted molar refractivity (Wildman–Crippen MR) is 42.0 cm³/mol. The van der Waals surface area contributed by atoms with Crippen molar-refractivity contribution in [2.45, 2.75) is 45.4 Å². The summed E-state index contributed by atoms with van der Waals surface area (Å²) in [5.41, 5.74) is -1.12. The third-order valence-corrected chi connectivity index (χ3v) is 2.05. The summed E-state index contributed by atoms with van der Waals surface area (Å²) in [6, 6.07) is 0. The molecule has 0 saturated carbocycles. The molecule has 1 unspecified atom stereocenters. The van der Waals surface area contributed by atoms with E-state index >= 15 is 0 Å². The molecule has 0 aromatic rings. The normalized spacial score (nSPS) is 35.5. The van der Waals surface area contributed by atoms with Gasteiger partial charge in [-0.3, -0.25) is 4.79 Å². The topological polar surface area (TPSA) is 38.3 Å². The number of carbonyl (C=O) groups is 1. The van der Waals surface area contributed by atoms with E-state index in [0.29, 0.717) is 6.42 Å². The van der Waals surface area contributed by atoms with Crippen LogP contribution in [0, 0.1) is 0 Å². The van der Waals surface area contributed by atoms with Crippen molar-refractivity contribution in [3.05, 3.63) is 0 Å². The number of hydrogen-bond acceptors (Lipinski definition) is 2. The Hall–Kier alpha value is -0.570. The second-order valence-corrected chi connectivity index (χ2v) is 3.65. The smallest absolute Gasteiger partial charge is 0.254 e. The van der Waals surface area contributed by atoms with Gasteiger partial charge in [-0.2, -0.15) is 0 Å². The lowest BCUT2D eigenvalue weighted by atomic mass is 10.0. The van der Waals surface area contributed by atoms with Crippen LogP contribution < -0.4 is 5.32 Å². The number of rotatable bonds is 1. The van der Waals surface area contributed by atoms with Crippen LogP contribution in [0.25, 0.3) is 0 Å². The van der Waals surface area contributed by atoms with Crippen LogP contribution in [0.4, 0.5) is 0 Å². The molecule has 3 nitrogen and oxygen atoms in total. The SMILES string of the molecule is CCC1(C)OC(C)(C)NC1=O. The molecule has 0 spiro atoms. The van der Waals surface area contributed by atoms with Gasteiger partial charge in [0.1, 0.15) is 11.3 Å². The quantitative estimate of drug-likeness (QED) is 0.617. The zero-order valence-electron chi connectivity index (χ0n) is 7.52. The molecule has 3 heteroatoms. The fraction of sp³-hybridized carbons (Fsp3) is 0.875. The first kappa shape index (κ1) is 8.53. The Balaban J connectivity index is 2.82. The molecule has 1 heterocycles. The Morgan fingerprint density at radius 2 is 2.00 bits per heavy atom. The first-order valence-electron chi connectivity index (χ1n) is 3.92. The van der Waals surface area contributed by atoms with Gasteiger partial charge in [0.05, 0.1) is 0 Å². The lowest BCUT2D eigenvalue weighted by Crippen LogP contribution is -2.36. The Kier molecular flexibility index (Phi) is 1.71. The molecule has 0 aliphatic carbocycles. The molecule has 64 valence electrons. The summed E-state index contributed by atoms with van der Waals surface area (Å²) in [4.78, 5) is 11.3. The van der Waals surface area contributed by atoms with Crippen molar-refractivity contribution in [2.75, 3.05) is 0 Å². The van der Waals surface area contributed by atoms with E-state index in [4.69, 9.17) is 4.74 Å². The van der Waals surface area contributed by atoms with Crippen molar-refractivity contribution in [2.24, 2.45) is 0 Å². The van der Waals surface area contributed by atoms with E-state index in [0.717, 1.165) is 0 Å². The third kappa shape index (κ3) is 1.38. The van der Waals surface area contributed by atoms with Crippen molar-refractivity contribution in [1.29, 1.82) is 0 Å². The number of carbonyl (C=O) groups excluding carboxylic acids is 1. The average molecular weight is 157 g/mol. The number of amides is 1. The van der Waals surface area contributed by atoms with Gasteiger partial charge in [0.2, 0.25) is 0 Å². The van der Waals surface area contributed by atoms with Crippen LogP contribution in [-0.2, 0) is 9.53 Å². The third-order valence-electron chi connectivity index (χ3n) is 2.05. The molecule has 1 atom stereocenters. The van der Waals surface area contributed by atoms with Gasteiger partial charge in [0, 0.05) is 0 Å². The van der Waals surface area contributed by atoms with Gasteiger partial charge in [0.15, 0.2) is 0 Å². The molecule has 1 fully saturated rings. The van der Waals surface area contributed by atoms with E-state index in [9.17, 15) is 4.79 Å². The number of ether oxygens (including phenoxy) is 1. The fourth-order valence-corrected chi connectivity index (χ4v) is 1.27. The zero-order chi connectivity index (χ0) is 8.70. The summed E-state index contributed by atoms with van der Waals surface area (Å²) in [6.07, 6.45) is 0.711. The predicted octanol–water partition coefficient (Wildman–Crippen LogP) is 1.04. The molecule has 1 rings (SSSR count). The minimum Gasteiger partial charge on any atom is -0.340 e. The number of hydrogen-bond donors (Lipinski definition) is 1. The molecule has 11 heavy (non-hydrogen) atoms. The van der Waals surface area contributed by atoms with Crippen LogP contribution in [0.2, 0.25) is 0 Å². The van der Waals surface area contributed by atoms with Gasteiger partial charge >= 0.3 is 0 Å². The van der Waals surface area contributed by atoms with Crippen molar-refractivity contribution in [1.82, 2.24) is 5.32 Å². The average Bonchev–Trinajstić information content (AvgIpc) is 2.03. The highest BCUT2D eigenvalue weighted by molar-refractivity contribution is 5.87. The van der Waals surface area contributed by atoms with Crippen LogP contribution in [-0.4, -0.2) is 17.2 Å². The molecule has 0 bridgehead atoms. The maximum absolute atomic E-state index is 11.3. The highest BCUT2D eigenvalue weighted by atomic mass is 16.6. The maximum Gasteiger partial charge on any atom is 0.254 e. The molecule has 0 aromatic heterocycles. The molecular formula is C8H15NO2. The molecule has 1 N–H and O–H groups in total. The second kappa shape index (κ2) is 2.21. The first-order valence-corrected chi connectivity index (χ1v) is 3.92. The zero-order valence-corrected chi connectivity index (χ0v) is 7.52. The Morgan fingerprint density at radius 3 is 2.18 bits per heavy atom. The van der Waals surface area contributed by atoms with Gasteiger partial charge < -0.3 is 10.1 Å². The van der Waals surface area contributed by atoms with Gasteiger partial charge in [-0.1, -0.05) is 6.92 Å². The van der Waals surface area contributed by atoms with Crippen LogP contribution >= 0.6 is 0 Å². The van der Waals surface area contributed by atoms with E-state index < -0.39 is 11.3 Å². The Labute approximate surface area is 67.1 Å². The highest BCUT2D eigenvalue weighted by Crippen LogP contribution is 2.28. The van der Waals surface area contributed by atoms with E-state index in [1.165, 1.54) is 0 Å². The molecule has 0 aromatic carbocycles. The maximum atomic E-state index is 11.3. The molecule has 1 amide bonds. The van der Waals surface area contributed by atoms with Crippen molar-refractivity contribution >= 4 is 5.91 Å². The van der Waals surface area contributed by atoms with Crippen molar-refractivity contribution < 1.29 is 9.53 Å². The van der Waals surface area contributed by atoms with Gasteiger partial charge in [-0.15, -0.1) is 0 Å². The standard InChI is InChI=1S/C8H15NO2/c1-5-8(4)6(10)9-7(2,3)11-8/h5H2,1-4H3,(H,9,10). The Bertz CT molecular complexity index is 189. The minimum absolute atomic E-state index is 0.00926. The lowest BCUT2D eigenvalue weighted by Gasteiger charge is -2.22. The van der Waals surface area contributed by atoms with Crippen molar-refractivity contribution in [3.63, 3.8) is 0 Å². The fourth-order valence-electron chi connectivity index (χ4n) is 1.27. The van der Waals surface area contributed by atoms with E-state index in [1.54, 1.807) is 0 Å². The summed E-state index contributed by atoms with van der Waals surface area (Å²) in [5, 5.41) is 2.77. The van der Waals surface area contributed by atoms with Crippen LogP contribution in [0.3, 0.4) is 0 Å². The lowest BCUT2D eigenvalue weighted by molar-refractivity contribution is -0.135. The largest absolute Gasteiger partial charge is 0.340 e. The van der Waals surface area contributed by atoms with Crippen LogP contribution in [0.15, 0.2) is 0 Å². The van der Waals surface area contributed by atoms with Gasteiger partial charge in [-0.05, 0) is 27.2 Å². The molecule has 1 aliphatic heterocycles. The monoisotopic (exact) mass is 157 g/mol. The summed E-state index contributed by atoms with van der Waals surface area (Å²) in [6.45, 7) is 7.47. The summed E-state index contributed by atoms with van der Waals surface area (Å²) >= 11 is 0. The molecular weight excluding hydrogens is 142 g/mol. The number of nitrogens with one attached hydrogen (secondary N) is 1.